The molecule has 5 heteroatoms. The Labute approximate surface area is 181 Å². The molecular weight excluding hydrogens is 374 g/mol. The van der Waals surface area contributed by atoms with Crippen LogP contribution in [0.1, 0.15) is 49.1 Å². The highest BCUT2D eigenvalue weighted by molar-refractivity contribution is 5.79. The highest BCUT2D eigenvalue weighted by Crippen LogP contribution is 2.42. The number of nitrogens with zero attached hydrogens (tertiary/aromatic N) is 3. The van der Waals surface area contributed by atoms with Crippen LogP contribution in [-0.2, 0) is 4.79 Å². The highest BCUT2D eigenvalue weighted by atomic mass is 16.3. The third kappa shape index (κ3) is 4.42. The number of carbonyl (C=O) groups is 1. The van der Waals surface area contributed by atoms with Crippen molar-refractivity contribution in [3.8, 4) is 11.8 Å². The minimum Gasteiger partial charge on any atom is -0.395 e. The summed E-state index contributed by atoms with van der Waals surface area (Å²) in [6, 6.07) is 8.98. The molecule has 2 heterocycles. The second kappa shape index (κ2) is 9.51. The third-order valence-electron chi connectivity index (χ3n) is 7.06. The Hall–Kier alpha value is -1.87. The van der Waals surface area contributed by atoms with Gasteiger partial charge in [0.15, 0.2) is 0 Å². The molecule has 30 heavy (non-hydrogen) atoms. The molecule has 0 spiro atoms. The maximum Gasteiger partial charge on any atom is 0.225 e. The van der Waals surface area contributed by atoms with E-state index in [4.69, 9.17) is 0 Å². The monoisotopic (exact) mass is 409 g/mol. The minimum atomic E-state index is 0.152. The lowest BCUT2D eigenvalue weighted by Crippen LogP contribution is -2.68. The summed E-state index contributed by atoms with van der Waals surface area (Å²) in [5.41, 5.74) is 2.28. The van der Waals surface area contributed by atoms with Crippen LogP contribution >= 0.6 is 0 Å². The molecule has 0 bridgehead atoms. The zero-order valence-corrected chi connectivity index (χ0v) is 18.4. The standard InChI is InChI=1S/C25H35N3O2/c1-26(2)14-6-7-19-10-12-20(13-11-19)24-22-17-27(25(30)21-8-5-9-21)15-3-4-16-28(22)23(24)18-29/h10-13,21-24,29H,3-5,8-9,14-18H2,1-2H3/t22-,23-,24+/m1/s1. The Morgan fingerprint density at radius 1 is 1.13 bits per heavy atom. The van der Waals surface area contributed by atoms with Crippen LogP contribution in [-0.4, -0.2) is 84.7 Å². The Morgan fingerprint density at radius 2 is 1.87 bits per heavy atom. The van der Waals surface area contributed by atoms with Gasteiger partial charge in [-0.1, -0.05) is 30.4 Å². The molecule has 3 aliphatic rings. The van der Waals surface area contributed by atoms with Gasteiger partial charge < -0.3 is 10.0 Å². The summed E-state index contributed by atoms with van der Waals surface area (Å²) in [5, 5.41) is 10.1. The van der Waals surface area contributed by atoms with Crippen molar-refractivity contribution in [3.05, 3.63) is 35.4 Å². The first kappa shape index (κ1) is 21.4. The van der Waals surface area contributed by atoms with Crippen LogP contribution in [0, 0.1) is 17.8 Å². The minimum absolute atomic E-state index is 0.152. The number of amides is 1. The van der Waals surface area contributed by atoms with E-state index >= 15 is 0 Å². The van der Waals surface area contributed by atoms with E-state index in [-0.39, 0.29) is 24.5 Å². The molecule has 1 aliphatic carbocycles. The highest BCUT2D eigenvalue weighted by Gasteiger charge is 2.49. The van der Waals surface area contributed by atoms with E-state index in [2.05, 4.69) is 50.8 Å². The molecule has 0 aromatic heterocycles. The van der Waals surface area contributed by atoms with Gasteiger partial charge in [-0.25, -0.2) is 0 Å². The van der Waals surface area contributed by atoms with Crippen molar-refractivity contribution in [2.75, 3.05) is 46.9 Å². The largest absolute Gasteiger partial charge is 0.395 e. The number of fused-ring (bicyclic) bond motifs is 1. The molecule has 1 saturated carbocycles. The first-order valence-electron chi connectivity index (χ1n) is 11.5. The number of aliphatic hydroxyl groups is 1. The SMILES string of the molecule is CN(C)CC#Cc1ccc([C@@H]2[C@@H](CO)N3CCCCN(C(=O)C4CCC4)C[C@H]23)cc1. The summed E-state index contributed by atoms with van der Waals surface area (Å²) >= 11 is 0. The summed E-state index contributed by atoms with van der Waals surface area (Å²) in [4.78, 5) is 19.6. The van der Waals surface area contributed by atoms with E-state index in [9.17, 15) is 9.90 Å². The van der Waals surface area contributed by atoms with Crippen molar-refractivity contribution < 1.29 is 9.90 Å². The molecule has 1 N–H and O–H groups in total. The van der Waals surface area contributed by atoms with Crippen molar-refractivity contribution in [2.45, 2.75) is 50.1 Å². The number of rotatable bonds is 4. The maximum absolute atomic E-state index is 12.9. The fraction of sp³-hybridized carbons (Fsp3) is 0.640. The third-order valence-corrected chi connectivity index (χ3v) is 7.06. The Kier molecular flexibility index (Phi) is 6.77. The van der Waals surface area contributed by atoms with Gasteiger partial charge >= 0.3 is 0 Å². The second-order valence-corrected chi connectivity index (χ2v) is 9.36. The fourth-order valence-corrected chi connectivity index (χ4v) is 5.14. The van der Waals surface area contributed by atoms with E-state index in [0.717, 1.165) is 57.4 Å². The average Bonchev–Trinajstić information content (AvgIpc) is 2.66. The summed E-state index contributed by atoms with van der Waals surface area (Å²) in [6.45, 7) is 3.62. The van der Waals surface area contributed by atoms with Crippen LogP contribution in [0.15, 0.2) is 24.3 Å². The van der Waals surface area contributed by atoms with Gasteiger partial charge in [0.05, 0.1) is 13.2 Å². The summed E-state index contributed by atoms with van der Waals surface area (Å²) in [6.07, 6.45) is 5.46. The van der Waals surface area contributed by atoms with Crippen LogP contribution in [0.25, 0.3) is 0 Å². The van der Waals surface area contributed by atoms with E-state index in [0.29, 0.717) is 11.9 Å². The Morgan fingerprint density at radius 3 is 2.50 bits per heavy atom. The van der Waals surface area contributed by atoms with Gasteiger partial charge in [0.1, 0.15) is 0 Å². The van der Waals surface area contributed by atoms with Gasteiger partial charge in [0.25, 0.3) is 0 Å². The second-order valence-electron chi connectivity index (χ2n) is 9.36. The summed E-state index contributed by atoms with van der Waals surface area (Å²) in [5.74, 6) is 7.29. The number of aliphatic hydroxyl groups excluding tert-OH is 1. The molecule has 0 unspecified atom stereocenters. The number of hydrogen-bond acceptors (Lipinski definition) is 4. The topological polar surface area (TPSA) is 47.0 Å². The van der Waals surface area contributed by atoms with Crippen molar-refractivity contribution in [3.63, 3.8) is 0 Å². The van der Waals surface area contributed by atoms with Crippen molar-refractivity contribution >= 4 is 5.91 Å². The lowest BCUT2D eigenvalue weighted by molar-refractivity contribution is -0.143. The molecule has 1 amide bonds. The van der Waals surface area contributed by atoms with Crippen LogP contribution in [0.5, 0.6) is 0 Å². The predicted molar refractivity (Wildman–Crippen MR) is 119 cm³/mol. The molecule has 1 aromatic rings. The van der Waals surface area contributed by atoms with Crippen molar-refractivity contribution in [2.24, 2.45) is 5.92 Å². The van der Waals surface area contributed by atoms with Crippen molar-refractivity contribution in [1.29, 1.82) is 0 Å². The Bertz CT molecular complexity index is 791. The zero-order chi connectivity index (χ0) is 21.1. The molecule has 1 aromatic carbocycles. The fourth-order valence-electron chi connectivity index (χ4n) is 5.14. The van der Waals surface area contributed by atoms with Gasteiger partial charge in [0.2, 0.25) is 5.91 Å². The molecule has 3 fully saturated rings. The first-order chi connectivity index (χ1) is 14.6. The quantitative estimate of drug-likeness (QED) is 0.774. The molecule has 2 aliphatic heterocycles. The molecule has 4 rings (SSSR count). The normalized spacial score (nSPS) is 27.2. The molecule has 5 nitrogen and oxygen atoms in total. The van der Waals surface area contributed by atoms with Crippen LogP contribution in [0.4, 0.5) is 0 Å². The van der Waals surface area contributed by atoms with E-state index < -0.39 is 0 Å². The van der Waals surface area contributed by atoms with Gasteiger partial charge in [-0.05, 0) is 64.0 Å². The van der Waals surface area contributed by atoms with E-state index in [1.165, 1.54) is 12.0 Å². The van der Waals surface area contributed by atoms with Gasteiger partial charge in [-0.3, -0.25) is 14.6 Å². The van der Waals surface area contributed by atoms with E-state index in [1.807, 2.05) is 14.1 Å². The molecular formula is C25H35N3O2. The molecule has 162 valence electrons. The lowest BCUT2D eigenvalue weighted by Gasteiger charge is -2.57. The smallest absolute Gasteiger partial charge is 0.225 e. The zero-order valence-electron chi connectivity index (χ0n) is 18.4. The van der Waals surface area contributed by atoms with Crippen LogP contribution in [0.2, 0.25) is 0 Å². The van der Waals surface area contributed by atoms with Gasteiger partial charge in [-0.15, -0.1) is 0 Å². The van der Waals surface area contributed by atoms with Crippen molar-refractivity contribution in [1.82, 2.24) is 14.7 Å². The Balaban J connectivity index is 1.49. The van der Waals surface area contributed by atoms with E-state index in [1.54, 1.807) is 0 Å². The van der Waals surface area contributed by atoms with Gasteiger partial charge in [-0.2, -0.15) is 0 Å². The predicted octanol–water partition coefficient (Wildman–Crippen LogP) is 2.15. The van der Waals surface area contributed by atoms with Crippen LogP contribution < -0.4 is 0 Å². The average molecular weight is 410 g/mol. The molecule has 0 radical (unpaired) electrons. The number of carbonyl (C=O) groups excluding carboxylic acids is 1. The van der Waals surface area contributed by atoms with Crippen LogP contribution in [0.3, 0.4) is 0 Å². The number of hydrogen-bond donors (Lipinski definition) is 1. The van der Waals surface area contributed by atoms with Gasteiger partial charge in [0, 0.05) is 42.6 Å². The first-order valence-corrected chi connectivity index (χ1v) is 11.5. The lowest BCUT2D eigenvalue weighted by atomic mass is 9.74. The molecule has 2 saturated heterocycles. The molecule has 3 atom stereocenters. The summed E-state index contributed by atoms with van der Waals surface area (Å²) in [7, 11) is 4.03. The number of benzene rings is 1. The maximum atomic E-state index is 12.9. The summed E-state index contributed by atoms with van der Waals surface area (Å²) < 4.78 is 0.